The molecular weight excluding hydrogens is 322 g/mol. The summed E-state index contributed by atoms with van der Waals surface area (Å²) < 4.78 is 10.3. The van der Waals surface area contributed by atoms with Crippen molar-refractivity contribution in [2.75, 3.05) is 14.2 Å². The van der Waals surface area contributed by atoms with Gasteiger partial charge >= 0.3 is 0 Å². The van der Waals surface area contributed by atoms with Crippen LogP contribution in [-0.2, 0) is 6.42 Å². The molecule has 0 amide bonds. The summed E-state index contributed by atoms with van der Waals surface area (Å²) >= 11 is 0. The Kier molecular flexibility index (Phi) is 4.52. The topological polar surface area (TPSA) is 78.7 Å². The number of hydrogen-bond acceptors (Lipinski definition) is 5. The van der Waals surface area contributed by atoms with Crippen molar-refractivity contribution < 1.29 is 19.2 Å². The molecule has 0 unspecified atom stereocenters. The Labute approximate surface area is 144 Å². The summed E-state index contributed by atoms with van der Waals surface area (Å²) in [5.74, 6) is 0.561. The van der Waals surface area contributed by atoms with Gasteiger partial charge in [-0.15, -0.1) is 0 Å². The quantitative estimate of drug-likeness (QED) is 0.480. The van der Waals surface area contributed by atoms with Gasteiger partial charge in [-0.3, -0.25) is 14.9 Å². The van der Waals surface area contributed by atoms with E-state index < -0.39 is 4.92 Å². The number of hydrogen-bond donors (Lipinski definition) is 0. The fraction of sp³-hybridized carbons (Fsp3) is 0.211. The normalized spacial score (nSPS) is 15.0. The summed E-state index contributed by atoms with van der Waals surface area (Å²) in [6.07, 6.45) is 2.86. The molecule has 1 aliphatic carbocycles. The van der Waals surface area contributed by atoms with Gasteiger partial charge in [0.05, 0.1) is 30.8 Å². The van der Waals surface area contributed by atoms with Gasteiger partial charge in [-0.2, -0.15) is 0 Å². The Morgan fingerprint density at radius 2 is 1.76 bits per heavy atom. The van der Waals surface area contributed by atoms with E-state index in [1.165, 1.54) is 26.4 Å². The lowest BCUT2D eigenvalue weighted by Crippen LogP contribution is -2.13. The number of carbonyl (C=O) groups excluding carboxylic acids is 1. The van der Waals surface area contributed by atoms with Crippen molar-refractivity contribution in [2.24, 2.45) is 0 Å². The molecule has 0 fully saturated rings. The molecule has 0 saturated heterocycles. The SMILES string of the molecule is COc1cc(/C=C2\CCc3ccccc3C2=O)c([N+](=O)[O-])cc1OC. The van der Waals surface area contributed by atoms with E-state index in [9.17, 15) is 14.9 Å². The van der Waals surface area contributed by atoms with Gasteiger partial charge in [0.2, 0.25) is 0 Å². The number of allylic oxidation sites excluding steroid dienone is 1. The largest absolute Gasteiger partial charge is 0.493 e. The van der Waals surface area contributed by atoms with Crippen LogP contribution in [0.4, 0.5) is 5.69 Å². The van der Waals surface area contributed by atoms with E-state index in [1.807, 2.05) is 18.2 Å². The Bertz CT molecular complexity index is 885. The first-order valence-electron chi connectivity index (χ1n) is 7.78. The van der Waals surface area contributed by atoms with Crippen molar-refractivity contribution in [3.05, 3.63) is 68.8 Å². The first-order chi connectivity index (χ1) is 12.0. The zero-order chi connectivity index (χ0) is 18.0. The number of fused-ring (bicyclic) bond motifs is 1. The molecule has 0 N–H and O–H groups in total. The molecule has 1 aliphatic rings. The summed E-state index contributed by atoms with van der Waals surface area (Å²) in [7, 11) is 2.88. The van der Waals surface area contributed by atoms with Crippen LogP contribution in [0.5, 0.6) is 11.5 Å². The average Bonchev–Trinajstić information content (AvgIpc) is 2.63. The lowest BCUT2D eigenvalue weighted by atomic mass is 9.86. The molecule has 2 aromatic carbocycles. The molecule has 128 valence electrons. The Hall–Kier alpha value is -3.15. The highest BCUT2D eigenvalue weighted by Gasteiger charge is 2.24. The summed E-state index contributed by atoms with van der Waals surface area (Å²) in [5.41, 5.74) is 2.41. The highest BCUT2D eigenvalue weighted by atomic mass is 16.6. The maximum absolute atomic E-state index is 12.7. The molecule has 0 bridgehead atoms. The second-order valence-electron chi connectivity index (χ2n) is 5.68. The number of ether oxygens (including phenoxy) is 2. The minimum atomic E-state index is -0.490. The molecule has 0 aromatic heterocycles. The molecule has 0 atom stereocenters. The van der Waals surface area contributed by atoms with Crippen LogP contribution in [0.2, 0.25) is 0 Å². The van der Waals surface area contributed by atoms with Crippen molar-refractivity contribution in [3.63, 3.8) is 0 Å². The van der Waals surface area contributed by atoms with Crippen LogP contribution in [0.25, 0.3) is 6.08 Å². The monoisotopic (exact) mass is 339 g/mol. The lowest BCUT2D eigenvalue weighted by Gasteiger charge is -2.17. The van der Waals surface area contributed by atoms with E-state index in [2.05, 4.69) is 0 Å². The highest BCUT2D eigenvalue weighted by molar-refractivity contribution is 6.13. The number of rotatable bonds is 4. The minimum absolute atomic E-state index is 0.0917. The van der Waals surface area contributed by atoms with Crippen LogP contribution in [-0.4, -0.2) is 24.9 Å². The second kappa shape index (κ2) is 6.76. The number of ketones is 1. The molecule has 0 heterocycles. The van der Waals surface area contributed by atoms with Crippen LogP contribution in [0.3, 0.4) is 0 Å². The molecule has 3 rings (SSSR count). The minimum Gasteiger partial charge on any atom is -0.493 e. The number of carbonyl (C=O) groups is 1. The molecule has 6 nitrogen and oxygen atoms in total. The predicted octanol–water partition coefficient (Wildman–Crippen LogP) is 3.82. The number of nitrogens with zero attached hydrogens (tertiary/aromatic N) is 1. The Morgan fingerprint density at radius 3 is 2.44 bits per heavy atom. The molecule has 0 spiro atoms. The maximum Gasteiger partial charge on any atom is 0.280 e. The van der Waals surface area contributed by atoms with Gasteiger partial charge < -0.3 is 9.47 Å². The number of nitro groups is 1. The Balaban J connectivity index is 2.09. The van der Waals surface area contributed by atoms with Crippen LogP contribution < -0.4 is 9.47 Å². The predicted molar refractivity (Wildman–Crippen MR) is 93.3 cm³/mol. The fourth-order valence-electron chi connectivity index (χ4n) is 3.00. The van der Waals surface area contributed by atoms with Crippen molar-refractivity contribution in [2.45, 2.75) is 12.8 Å². The van der Waals surface area contributed by atoms with Gasteiger partial charge in [0.15, 0.2) is 17.3 Å². The van der Waals surface area contributed by atoms with Gasteiger partial charge in [-0.05, 0) is 30.5 Å². The lowest BCUT2D eigenvalue weighted by molar-refractivity contribution is -0.385. The standard InChI is InChI=1S/C19H17NO5/c1-24-17-10-14(16(20(22)23)11-18(17)25-2)9-13-8-7-12-5-3-4-6-15(12)19(13)21/h3-6,9-11H,7-8H2,1-2H3/b13-9+. The van der Waals surface area contributed by atoms with Crippen LogP contribution in [0, 0.1) is 10.1 Å². The summed E-state index contributed by atoms with van der Waals surface area (Å²) in [6.45, 7) is 0. The van der Waals surface area contributed by atoms with Gasteiger partial charge in [0.25, 0.3) is 5.69 Å². The van der Waals surface area contributed by atoms with E-state index in [-0.39, 0.29) is 17.2 Å². The van der Waals surface area contributed by atoms with Crippen molar-refractivity contribution in [1.29, 1.82) is 0 Å². The molecule has 2 aromatic rings. The average molecular weight is 339 g/mol. The smallest absolute Gasteiger partial charge is 0.280 e. The van der Waals surface area contributed by atoms with E-state index >= 15 is 0 Å². The van der Waals surface area contributed by atoms with Crippen LogP contribution in [0.15, 0.2) is 42.0 Å². The second-order valence-corrected chi connectivity index (χ2v) is 5.68. The Morgan fingerprint density at radius 1 is 1.08 bits per heavy atom. The number of benzene rings is 2. The number of methoxy groups -OCH3 is 2. The van der Waals surface area contributed by atoms with E-state index in [4.69, 9.17) is 9.47 Å². The molecule has 0 radical (unpaired) electrons. The molecular formula is C19H17NO5. The van der Waals surface area contributed by atoms with Crippen molar-refractivity contribution in [3.8, 4) is 11.5 Å². The number of Topliss-reactive ketones (excluding diaryl/α,β-unsaturated/α-hetero) is 1. The van der Waals surface area contributed by atoms with E-state index in [1.54, 1.807) is 12.1 Å². The first-order valence-corrected chi connectivity index (χ1v) is 7.78. The summed E-state index contributed by atoms with van der Waals surface area (Å²) in [4.78, 5) is 23.6. The molecule has 0 aliphatic heterocycles. The fourth-order valence-corrected chi connectivity index (χ4v) is 3.00. The molecule has 6 heteroatoms. The van der Waals surface area contributed by atoms with Crippen LogP contribution >= 0.6 is 0 Å². The summed E-state index contributed by atoms with van der Waals surface area (Å²) in [6, 6.07) is 10.3. The van der Waals surface area contributed by atoms with Crippen molar-refractivity contribution in [1.82, 2.24) is 0 Å². The highest BCUT2D eigenvalue weighted by Crippen LogP contribution is 2.36. The van der Waals surface area contributed by atoms with E-state index in [0.29, 0.717) is 28.9 Å². The molecule has 0 saturated carbocycles. The maximum atomic E-state index is 12.7. The summed E-state index contributed by atoms with van der Waals surface area (Å²) in [5, 5.41) is 11.4. The van der Waals surface area contributed by atoms with Crippen molar-refractivity contribution >= 4 is 17.5 Å². The van der Waals surface area contributed by atoms with E-state index in [0.717, 1.165) is 12.0 Å². The third-order valence-corrected chi connectivity index (χ3v) is 4.28. The third kappa shape index (κ3) is 3.10. The van der Waals surface area contributed by atoms with Gasteiger partial charge in [0.1, 0.15) is 0 Å². The first kappa shape index (κ1) is 16.7. The van der Waals surface area contributed by atoms with Gasteiger partial charge in [0, 0.05) is 11.1 Å². The van der Waals surface area contributed by atoms with Gasteiger partial charge in [-0.1, -0.05) is 24.3 Å². The van der Waals surface area contributed by atoms with Crippen LogP contribution in [0.1, 0.15) is 27.9 Å². The number of aryl methyl sites for hydroxylation is 1. The number of nitro benzene ring substituents is 1. The third-order valence-electron chi connectivity index (χ3n) is 4.28. The zero-order valence-electron chi connectivity index (χ0n) is 13.9. The molecule has 25 heavy (non-hydrogen) atoms. The van der Waals surface area contributed by atoms with Gasteiger partial charge in [-0.25, -0.2) is 0 Å². The zero-order valence-corrected chi connectivity index (χ0v) is 13.9.